The molecule has 4 nitrogen and oxygen atoms in total. The number of nitrogen functional groups attached to an aromatic ring is 1. The topological polar surface area (TPSA) is 56.7 Å². The van der Waals surface area contributed by atoms with Crippen molar-refractivity contribution >= 4 is 16.3 Å². The van der Waals surface area contributed by atoms with Crippen LogP contribution in [0, 0.1) is 0 Å². The molecule has 0 unspecified atom stereocenters. The van der Waals surface area contributed by atoms with Gasteiger partial charge in [0, 0.05) is 12.5 Å². The predicted octanol–water partition coefficient (Wildman–Crippen LogP) is 2.88. The summed E-state index contributed by atoms with van der Waals surface area (Å²) in [5.74, 6) is 0.665. The van der Waals surface area contributed by atoms with E-state index >= 15 is 0 Å². The molecular formula is C12H16N4S. The Morgan fingerprint density at radius 2 is 2.35 bits per heavy atom. The van der Waals surface area contributed by atoms with Crippen LogP contribution >= 0.6 is 11.3 Å². The SMILES string of the molecule is CCCn1cncc1-c1nc(C2CC2)sc1N. The van der Waals surface area contributed by atoms with Crippen LogP contribution in [0.25, 0.3) is 11.4 Å². The van der Waals surface area contributed by atoms with Crippen molar-refractivity contribution < 1.29 is 0 Å². The Bertz CT molecular complexity index is 524. The summed E-state index contributed by atoms with van der Waals surface area (Å²) in [5, 5.41) is 2.02. The first-order valence-corrected chi connectivity index (χ1v) is 6.88. The first-order valence-electron chi connectivity index (χ1n) is 6.06. The number of aromatic nitrogens is 3. The fourth-order valence-corrected chi connectivity index (χ4v) is 2.99. The fourth-order valence-electron chi connectivity index (χ4n) is 1.97. The Morgan fingerprint density at radius 1 is 1.53 bits per heavy atom. The molecule has 2 aromatic heterocycles. The normalized spacial score (nSPS) is 15.4. The van der Waals surface area contributed by atoms with Crippen LogP contribution in [-0.4, -0.2) is 14.5 Å². The van der Waals surface area contributed by atoms with Crippen LogP contribution in [0.2, 0.25) is 0 Å². The molecule has 0 saturated heterocycles. The van der Waals surface area contributed by atoms with E-state index in [4.69, 9.17) is 5.73 Å². The molecule has 0 amide bonds. The quantitative estimate of drug-likeness (QED) is 0.905. The minimum atomic E-state index is 0.665. The number of hydrogen-bond donors (Lipinski definition) is 1. The lowest BCUT2D eigenvalue weighted by molar-refractivity contribution is 0.683. The number of nitrogens with zero attached hydrogens (tertiary/aromatic N) is 3. The molecule has 3 rings (SSSR count). The summed E-state index contributed by atoms with van der Waals surface area (Å²) in [4.78, 5) is 8.89. The number of anilines is 1. The molecule has 0 spiro atoms. The van der Waals surface area contributed by atoms with Crippen molar-refractivity contribution in [2.45, 2.75) is 38.6 Å². The average Bonchev–Trinajstić information content (AvgIpc) is 2.95. The third kappa shape index (κ3) is 1.95. The van der Waals surface area contributed by atoms with Crippen molar-refractivity contribution in [3.8, 4) is 11.4 Å². The molecule has 17 heavy (non-hydrogen) atoms. The molecule has 0 aromatic carbocycles. The van der Waals surface area contributed by atoms with Gasteiger partial charge in [-0.15, -0.1) is 11.3 Å². The van der Waals surface area contributed by atoms with Crippen molar-refractivity contribution in [2.75, 3.05) is 5.73 Å². The zero-order valence-electron chi connectivity index (χ0n) is 9.89. The van der Waals surface area contributed by atoms with Crippen molar-refractivity contribution in [2.24, 2.45) is 0 Å². The maximum atomic E-state index is 6.08. The lowest BCUT2D eigenvalue weighted by Gasteiger charge is -2.04. The second-order valence-electron chi connectivity index (χ2n) is 4.51. The van der Waals surface area contributed by atoms with Gasteiger partial charge in [-0.05, 0) is 19.3 Å². The highest BCUT2D eigenvalue weighted by atomic mass is 32.1. The van der Waals surface area contributed by atoms with Gasteiger partial charge in [-0.25, -0.2) is 9.97 Å². The summed E-state index contributed by atoms with van der Waals surface area (Å²) < 4.78 is 2.13. The van der Waals surface area contributed by atoms with Crippen molar-refractivity contribution in [1.82, 2.24) is 14.5 Å². The number of hydrogen-bond acceptors (Lipinski definition) is 4. The van der Waals surface area contributed by atoms with Crippen molar-refractivity contribution in [1.29, 1.82) is 0 Å². The molecule has 0 radical (unpaired) electrons. The van der Waals surface area contributed by atoms with Crippen LogP contribution in [0.4, 0.5) is 5.00 Å². The Balaban J connectivity index is 1.98. The maximum absolute atomic E-state index is 6.08. The van der Waals surface area contributed by atoms with Gasteiger partial charge in [-0.2, -0.15) is 0 Å². The largest absolute Gasteiger partial charge is 0.389 e. The molecule has 5 heteroatoms. The molecule has 2 aromatic rings. The minimum absolute atomic E-state index is 0.665. The van der Waals surface area contributed by atoms with E-state index in [9.17, 15) is 0 Å². The minimum Gasteiger partial charge on any atom is -0.389 e. The number of nitrogens with two attached hydrogens (primary N) is 1. The number of imidazole rings is 1. The Kier molecular flexibility index (Phi) is 2.63. The second-order valence-corrected chi connectivity index (χ2v) is 5.57. The van der Waals surface area contributed by atoms with E-state index in [2.05, 4.69) is 21.5 Å². The van der Waals surface area contributed by atoms with Crippen LogP contribution in [0.5, 0.6) is 0 Å². The zero-order chi connectivity index (χ0) is 11.8. The van der Waals surface area contributed by atoms with Gasteiger partial charge in [0.25, 0.3) is 0 Å². The molecule has 2 N–H and O–H groups in total. The third-order valence-electron chi connectivity index (χ3n) is 3.02. The van der Waals surface area contributed by atoms with Crippen LogP contribution in [0.3, 0.4) is 0 Å². The molecule has 1 aliphatic carbocycles. The zero-order valence-corrected chi connectivity index (χ0v) is 10.7. The second kappa shape index (κ2) is 4.14. The van der Waals surface area contributed by atoms with Gasteiger partial charge < -0.3 is 10.3 Å². The first kappa shape index (κ1) is 10.8. The van der Waals surface area contributed by atoms with E-state index < -0.39 is 0 Å². The highest BCUT2D eigenvalue weighted by Crippen LogP contribution is 2.45. The predicted molar refractivity (Wildman–Crippen MR) is 70.0 cm³/mol. The average molecular weight is 248 g/mol. The number of rotatable bonds is 4. The van der Waals surface area contributed by atoms with Gasteiger partial charge in [0.15, 0.2) is 0 Å². The lowest BCUT2D eigenvalue weighted by Crippen LogP contribution is -1.99. The van der Waals surface area contributed by atoms with E-state index in [-0.39, 0.29) is 0 Å². The van der Waals surface area contributed by atoms with Crippen LogP contribution < -0.4 is 5.73 Å². The Labute approximate surface area is 105 Å². The van der Waals surface area contributed by atoms with Crippen LogP contribution in [0.15, 0.2) is 12.5 Å². The van der Waals surface area contributed by atoms with Crippen molar-refractivity contribution in [3.05, 3.63) is 17.5 Å². The van der Waals surface area contributed by atoms with E-state index in [1.54, 1.807) is 11.3 Å². The summed E-state index contributed by atoms with van der Waals surface area (Å²) >= 11 is 1.64. The summed E-state index contributed by atoms with van der Waals surface area (Å²) in [6, 6.07) is 0. The first-order chi connectivity index (χ1) is 8.29. The molecule has 0 aliphatic heterocycles. The van der Waals surface area contributed by atoms with Gasteiger partial charge in [0.2, 0.25) is 0 Å². The van der Waals surface area contributed by atoms with Crippen molar-refractivity contribution in [3.63, 3.8) is 0 Å². The molecule has 1 saturated carbocycles. The van der Waals surface area contributed by atoms with Gasteiger partial charge >= 0.3 is 0 Å². The number of thiazole rings is 1. The molecule has 0 bridgehead atoms. The van der Waals surface area contributed by atoms with Gasteiger partial charge in [-0.1, -0.05) is 6.92 Å². The number of aryl methyl sites for hydroxylation is 1. The Morgan fingerprint density at radius 3 is 3.06 bits per heavy atom. The Hall–Kier alpha value is -1.36. The monoisotopic (exact) mass is 248 g/mol. The summed E-state index contributed by atoms with van der Waals surface area (Å²) in [6.07, 6.45) is 7.33. The van der Waals surface area contributed by atoms with E-state index in [0.29, 0.717) is 5.92 Å². The molecular weight excluding hydrogens is 232 g/mol. The molecule has 2 heterocycles. The standard InChI is InChI=1S/C12H16N4S/c1-2-5-16-7-14-6-9(16)10-11(13)17-12(15-10)8-3-4-8/h6-8H,2-5,13H2,1H3. The van der Waals surface area contributed by atoms with E-state index in [1.165, 1.54) is 17.8 Å². The smallest absolute Gasteiger partial charge is 0.123 e. The summed E-state index contributed by atoms with van der Waals surface area (Å²) in [5.41, 5.74) is 8.05. The van der Waals surface area contributed by atoms with E-state index in [0.717, 1.165) is 29.4 Å². The summed E-state index contributed by atoms with van der Waals surface area (Å²) in [6.45, 7) is 3.12. The van der Waals surface area contributed by atoms with Gasteiger partial charge in [0.05, 0.1) is 23.2 Å². The highest BCUT2D eigenvalue weighted by Gasteiger charge is 2.28. The fraction of sp³-hybridized carbons (Fsp3) is 0.500. The lowest BCUT2D eigenvalue weighted by atomic mass is 10.3. The molecule has 1 fully saturated rings. The third-order valence-corrected chi connectivity index (χ3v) is 4.06. The van der Waals surface area contributed by atoms with Gasteiger partial charge in [0.1, 0.15) is 10.7 Å². The van der Waals surface area contributed by atoms with Crippen LogP contribution in [-0.2, 0) is 6.54 Å². The maximum Gasteiger partial charge on any atom is 0.123 e. The highest BCUT2D eigenvalue weighted by molar-refractivity contribution is 7.16. The van der Waals surface area contributed by atoms with Crippen LogP contribution in [0.1, 0.15) is 37.1 Å². The molecule has 0 atom stereocenters. The molecule has 1 aliphatic rings. The summed E-state index contributed by atoms with van der Waals surface area (Å²) in [7, 11) is 0. The van der Waals surface area contributed by atoms with E-state index in [1.807, 2.05) is 12.5 Å². The molecule has 90 valence electrons. The van der Waals surface area contributed by atoms with Gasteiger partial charge in [-0.3, -0.25) is 0 Å².